The van der Waals surface area contributed by atoms with E-state index in [0.29, 0.717) is 38.8 Å². The number of halogens is 1. The predicted octanol–water partition coefficient (Wildman–Crippen LogP) is 6.13. The fourth-order valence-corrected chi connectivity index (χ4v) is 3.76. The summed E-state index contributed by atoms with van der Waals surface area (Å²) in [6.07, 6.45) is 1.60. The third-order valence-corrected chi connectivity index (χ3v) is 5.28. The number of hydrogen-bond acceptors (Lipinski definition) is 5. The number of rotatable bonds is 5. The molecule has 7 heteroatoms. The molecule has 3 aromatic carbocycles. The van der Waals surface area contributed by atoms with E-state index in [1.165, 1.54) is 4.68 Å². The molecule has 0 saturated heterocycles. The fourth-order valence-electron chi connectivity index (χ4n) is 3.58. The van der Waals surface area contributed by atoms with Crippen molar-refractivity contribution in [2.24, 2.45) is 5.10 Å². The Hall–Kier alpha value is -3.90. The van der Waals surface area contributed by atoms with Crippen molar-refractivity contribution in [1.82, 2.24) is 9.66 Å². The van der Waals surface area contributed by atoms with Crippen molar-refractivity contribution in [2.45, 2.75) is 20.0 Å². The van der Waals surface area contributed by atoms with Gasteiger partial charge in [-0.05, 0) is 62.4 Å². The average Bonchev–Trinajstić information content (AvgIpc) is 3.22. The van der Waals surface area contributed by atoms with Gasteiger partial charge in [-0.25, -0.2) is 4.98 Å². The van der Waals surface area contributed by atoms with E-state index < -0.39 is 0 Å². The Kier molecular flexibility index (Phi) is 5.44. The lowest BCUT2D eigenvalue weighted by molar-refractivity contribution is 0.242. The summed E-state index contributed by atoms with van der Waals surface area (Å²) in [7, 11) is 0. The number of hydrogen-bond donors (Lipinski definition) is 0. The van der Waals surface area contributed by atoms with E-state index in [-0.39, 0.29) is 11.7 Å². The van der Waals surface area contributed by atoms with Gasteiger partial charge in [-0.3, -0.25) is 4.79 Å². The first-order valence-electron chi connectivity index (χ1n) is 10.5. The number of nitrogens with zero attached hydrogens (tertiary/aromatic N) is 3. The largest absolute Gasteiger partial charge is 0.490 e. The molecule has 5 aromatic rings. The van der Waals surface area contributed by atoms with Crippen LogP contribution in [0.3, 0.4) is 0 Å². The minimum atomic E-state index is -0.299. The Bertz CT molecular complexity index is 1570. The maximum Gasteiger partial charge on any atom is 0.282 e. The molecule has 2 aromatic heterocycles. The molecule has 0 aliphatic rings. The van der Waals surface area contributed by atoms with Crippen LogP contribution in [0, 0.1) is 0 Å². The summed E-state index contributed by atoms with van der Waals surface area (Å²) >= 11 is 6.13. The van der Waals surface area contributed by atoms with Crippen LogP contribution in [0.15, 0.2) is 87.1 Å². The van der Waals surface area contributed by atoms with Crippen molar-refractivity contribution in [2.75, 3.05) is 0 Å². The second-order valence-electron chi connectivity index (χ2n) is 7.81. The predicted molar refractivity (Wildman–Crippen MR) is 131 cm³/mol. The first-order valence-corrected chi connectivity index (χ1v) is 10.9. The minimum absolute atomic E-state index is 0.00235. The number of fused-ring (bicyclic) bond motifs is 2. The Balaban J connectivity index is 1.70. The molecule has 5 rings (SSSR count). The van der Waals surface area contributed by atoms with E-state index in [4.69, 9.17) is 25.7 Å². The maximum atomic E-state index is 13.4. The Morgan fingerprint density at radius 2 is 1.85 bits per heavy atom. The van der Waals surface area contributed by atoms with Gasteiger partial charge in [0.2, 0.25) is 5.82 Å². The molecule has 0 radical (unpaired) electrons. The van der Waals surface area contributed by atoms with Crippen molar-refractivity contribution in [3.05, 3.63) is 93.7 Å². The smallest absolute Gasteiger partial charge is 0.282 e. The van der Waals surface area contributed by atoms with Crippen LogP contribution < -0.4 is 10.3 Å². The number of benzene rings is 3. The fraction of sp³-hybridized carbons (Fsp3) is 0.115. The van der Waals surface area contributed by atoms with Crippen molar-refractivity contribution >= 4 is 39.7 Å². The molecular formula is C26H20ClN3O3. The molecule has 33 heavy (non-hydrogen) atoms. The van der Waals surface area contributed by atoms with Crippen LogP contribution >= 0.6 is 11.6 Å². The topological polar surface area (TPSA) is 69.6 Å². The van der Waals surface area contributed by atoms with Crippen molar-refractivity contribution in [3.63, 3.8) is 0 Å². The van der Waals surface area contributed by atoms with Crippen LogP contribution in [0.2, 0.25) is 5.02 Å². The molecule has 0 N–H and O–H groups in total. The second-order valence-corrected chi connectivity index (χ2v) is 8.25. The van der Waals surface area contributed by atoms with Crippen LogP contribution in [-0.2, 0) is 0 Å². The van der Waals surface area contributed by atoms with Crippen molar-refractivity contribution < 1.29 is 9.15 Å². The van der Waals surface area contributed by atoms with Crippen LogP contribution in [0.1, 0.15) is 19.4 Å². The molecule has 0 spiro atoms. The van der Waals surface area contributed by atoms with E-state index in [0.717, 1.165) is 10.9 Å². The molecule has 2 heterocycles. The van der Waals surface area contributed by atoms with Gasteiger partial charge in [-0.15, -0.1) is 0 Å². The third kappa shape index (κ3) is 4.13. The molecule has 0 saturated carbocycles. The molecule has 0 unspecified atom stereocenters. The van der Waals surface area contributed by atoms with Gasteiger partial charge in [-0.1, -0.05) is 35.9 Å². The van der Waals surface area contributed by atoms with Crippen molar-refractivity contribution in [3.8, 4) is 17.3 Å². The van der Waals surface area contributed by atoms with Crippen LogP contribution in [0.25, 0.3) is 33.5 Å². The summed E-state index contributed by atoms with van der Waals surface area (Å²) in [4.78, 5) is 18.1. The Morgan fingerprint density at radius 1 is 1.06 bits per heavy atom. The maximum absolute atomic E-state index is 13.4. The molecule has 0 fully saturated rings. The summed E-state index contributed by atoms with van der Waals surface area (Å²) in [5, 5.41) is 6.38. The lowest BCUT2D eigenvalue weighted by Crippen LogP contribution is -2.20. The Labute approximate surface area is 194 Å². The third-order valence-electron chi connectivity index (χ3n) is 5.05. The standard InChI is InChI=1S/C26H20ClN3O3/c1-16(2)32-22-10-6-3-7-17(22)15-28-30-25(29-21-9-5-4-8-20(21)26(30)31)24-14-18-13-19(27)11-12-23(18)33-24/h3-16H,1-2H3. The molecule has 6 nitrogen and oxygen atoms in total. The summed E-state index contributed by atoms with van der Waals surface area (Å²) in [6, 6.07) is 21.8. The zero-order chi connectivity index (χ0) is 22.9. The lowest BCUT2D eigenvalue weighted by atomic mass is 10.2. The summed E-state index contributed by atoms with van der Waals surface area (Å²) in [6.45, 7) is 3.91. The highest BCUT2D eigenvalue weighted by molar-refractivity contribution is 6.31. The van der Waals surface area contributed by atoms with Gasteiger partial charge in [-0.2, -0.15) is 9.78 Å². The van der Waals surface area contributed by atoms with E-state index >= 15 is 0 Å². The zero-order valence-corrected chi connectivity index (χ0v) is 18.8. The lowest BCUT2D eigenvalue weighted by Gasteiger charge is -2.12. The highest BCUT2D eigenvalue weighted by atomic mass is 35.5. The number of aromatic nitrogens is 2. The van der Waals surface area contributed by atoms with Crippen LogP contribution in [0.5, 0.6) is 5.75 Å². The van der Waals surface area contributed by atoms with E-state index in [1.807, 2.05) is 44.2 Å². The average molecular weight is 458 g/mol. The van der Waals surface area contributed by atoms with Gasteiger partial charge in [0, 0.05) is 16.0 Å². The quantitative estimate of drug-likeness (QED) is 0.297. The second kappa shape index (κ2) is 8.56. The van der Waals surface area contributed by atoms with E-state index in [1.54, 1.807) is 48.7 Å². The highest BCUT2D eigenvalue weighted by Gasteiger charge is 2.17. The number of furan rings is 1. The first-order chi connectivity index (χ1) is 16.0. The monoisotopic (exact) mass is 457 g/mol. The summed E-state index contributed by atoms with van der Waals surface area (Å²) in [5.74, 6) is 1.39. The molecule has 0 aliphatic carbocycles. The first kappa shape index (κ1) is 21.0. The molecular weight excluding hydrogens is 438 g/mol. The van der Waals surface area contributed by atoms with Gasteiger partial charge in [0.1, 0.15) is 11.3 Å². The highest BCUT2D eigenvalue weighted by Crippen LogP contribution is 2.29. The normalized spacial score (nSPS) is 11.8. The minimum Gasteiger partial charge on any atom is -0.490 e. The number of para-hydroxylation sites is 2. The Morgan fingerprint density at radius 3 is 2.70 bits per heavy atom. The van der Waals surface area contributed by atoms with Gasteiger partial charge in [0.05, 0.1) is 23.2 Å². The van der Waals surface area contributed by atoms with Gasteiger partial charge in [0.25, 0.3) is 5.56 Å². The molecule has 0 bridgehead atoms. The van der Waals surface area contributed by atoms with E-state index in [2.05, 4.69) is 5.10 Å². The number of ether oxygens (including phenoxy) is 1. The van der Waals surface area contributed by atoms with Gasteiger partial charge < -0.3 is 9.15 Å². The SMILES string of the molecule is CC(C)Oc1ccccc1C=Nn1c(-c2cc3cc(Cl)ccc3o2)nc2ccccc2c1=O. The molecule has 0 atom stereocenters. The van der Waals surface area contributed by atoms with Crippen LogP contribution in [-0.4, -0.2) is 22.0 Å². The molecule has 164 valence electrons. The van der Waals surface area contributed by atoms with Crippen molar-refractivity contribution in [1.29, 1.82) is 0 Å². The van der Waals surface area contributed by atoms with Gasteiger partial charge >= 0.3 is 0 Å². The zero-order valence-electron chi connectivity index (χ0n) is 18.0. The molecule has 0 amide bonds. The van der Waals surface area contributed by atoms with Gasteiger partial charge in [0.15, 0.2) is 5.76 Å². The van der Waals surface area contributed by atoms with Crippen LogP contribution in [0.4, 0.5) is 0 Å². The molecule has 0 aliphatic heterocycles. The summed E-state index contributed by atoms with van der Waals surface area (Å²) < 4.78 is 13.1. The summed E-state index contributed by atoms with van der Waals surface area (Å²) in [5.41, 5.74) is 1.65. The van der Waals surface area contributed by atoms with E-state index in [9.17, 15) is 4.79 Å².